The third kappa shape index (κ3) is 2.48. The van der Waals surface area contributed by atoms with Crippen molar-refractivity contribution >= 4 is 5.91 Å². The molecule has 1 aromatic rings. The highest BCUT2D eigenvalue weighted by atomic mass is 16.5. The number of rotatable bonds is 4. The number of carbonyl (C=O) groups excluding carboxylic acids is 1. The van der Waals surface area contributed by atoms with Crippen molar-refractivity contribution in [2.45, 2.75) is 19.9 Å². The Hall–Kier alpha value is -1.40. The second kappa shape index (κ2) is 4.85. The smallest absolute Gasteiger partial charge is 0.290 e. The fourth-order valence-electron chi connectivity index (χ4n) is 1.89. The summed E-state index contributed by atoms with van der Waals surface area (Å²) < 4.78 is 5.90. The van der Waals surface area contributed by atoms with E-state index in [1.165, 1.54) is 6.07 Å². The van der Waals surface area contributed by atoms with Gasteiger partial charge in [-0.1, -0.05) is 6.92 Å². The number of aromatic nitrogens is 1. The normalized spacial score (nSPS) is 16.2. The second-order valence-electron chi connectivity index (χ2n) is 4.25. The van der Waals surface area contributed by atoms with Crippen molar-refractivity contribution in [2.75, 3.05) is 26.2 Å². The van der Waals surface area contributed by atoms with Gasteiger partial charge in [0.05, 0.1) is 6.54 Å². The Labute approximate surface area is 99.2 Å². The van der Waals surface area contributed by atoms with Gasteiger partial charge in [-0.25, -0.2) is 0 Å². The van der Waals surface area contributed by atoms with Gasteiger partial charge in [0, 0.05) is 25.2 Å². The average molecular weight is 239 g/mol. The lowest BCUT2D eigenvalue weighted by Crippen LogP contribution is -2.58. The molecule has 1 aliphatic rings. The van der Waals surface area contributed by atoms with Crippen LogP contribution in [0.25, 0.3) is 0 Å². The lowest BCUT2D eigenvalue weighted by molar-refractivity contribution is 0.0647. The Kier molecular flexibility index (Phi) is 3.44. The van der Waals surface area contributed by atoms with Gasteiger partial charge in [-0.2, -0.15) is 0 Å². The molecule has 6 heteroatoms. The summed E-state index contributed by atoms with van der Waals surface area (Å²) in [5.41, 5.74) is -0.393. The molecule has 94 valence electrons. The minimum Gasteiger partial charge on any atom is -0.373 e. The number of hydrogen-bond acceptors (Lipinski definition) is 5. The van der Waals surface area contributed by atoms with Crippen LogP contribution in [0.1, 0.15) is 17.5 Å². The van der Waals surface area contributed by atoms with Crippen LogP contribution in [0.4, 0.5) is 0 Å². The largest absolute Gasteiger partial charge is 0.373 e. The molecular weight excluding hydrogens is 222 g/mol. The number of carbonyl (C=O) groups is 1. The first-order valence-electron chi connectivity index (χ1n) is 5.79. The van der Waals surface area contributed by atoms with Crippen molar-refractivity contribution in [2.24, 2.45) is 0 Å². The number of aryl methyl sites for hydroxylation is 1. The van der Waals surface area contributed by atoms with Crippen LogP contribution in [0.2, 0.25) is 0 Å². The molecule has 0 amide bonds. The first kappa shape index (κ1) is 12.1. The van der Waals surface area contributed by atoms with E-state index in [1.807, 2.05) is 11.8 Å². The van der Waals surface area contributed by atoms with Crippen molar-refractivity contribution in [3.8, 4) is 0 Å². The fourth-order valence-corrected chi connectivity index (χ4v) is 1.89. The second-order valence-corrected chi connectivity index (χ2v) is 4.25. The number of likely N-dealkylation sites (N-methyl/N-ethyl adjacent to an activating group) is 1. The molecule has 0 aliphatic carbocycles. The Morgan fingerprint density at radius 3 is 2.76 bits per heavy atom. The zero-order chi connectivity index (χ0) is 12.4. The lowest BCUT2D eigenvalue weighted by Gasteiger charge is -2.36. The highest BCUT2D eigenvalue weighted by Gasteiger charge is 2.26. The molecule has 6 nitrogen and oxygen atoms in total. The molecule has 0 bridgehead atoms. The van der Waals surface area contributed by atoms with Gasteiger partial charge in [0.1, 0.15) is 5.76 Å². The van der Waals surface area contributed by atoms with E-state index in [-0.39, 0.29) is 12.5 Å². The number of nitrogens with one attached hydrogen (secondary N) is 1. The van der Waals surface area contributed by atoms with E-state index in [9.17, 15) is 9.59 Å². The van der Waals surface area contributed by atoms with Crippen molar-refractivity contribution in [3.63, 3.8) is 0 Å². The topological polar surface area (TPSA) is 67.5 Å². The van der Waals surface area contributed by atoms with Gasteiger partial charge >= 0.3 is 0 Å². The Balaban J connectivity index is 2.04. The number of nitrogens with zero attached hydrogens (tertiary/aromatic N) is 2. The maximum Gasteiger partial charge on any atom is 0.290 e. The minimum absolute atomic E-state index is 0.218. The minimum atomic E-state index is -0.393. The number of hydrogen-bond donors (Lipinski definition) is 1. The molecular formula is C11H17N3O3. The molecule has 1 aromatic heterocycles. The van der Waals surface area contributed by atoms with E-state index in [1.54, 1.807) is 6.92 Å². The van der Waals surface area contributed by atoms with E-state index >= 15 is 0 Å². The highest BCUT2D eigenvalue weighted by Crippen LogP contribution is 2.05. The Morgan fingerprint density at radius 1 is 1.65 bits per heavy atom. The maximum absolute atomic E-state index is 11.9. The first-order valence-corrected chi connectivity index (χ1v) is 5.79. The summed E-state index contributed by atoms with van der Waals surface area (Å²) in [6.07, 6.45) is 0. The molecule has 2 rings (SSSR count). The predicted molar refractivity (Wildman–Crippen MR) is 62.2 cm³/mol. The Bertz CT molecular complexity index is 459. The molecule has 0 spiro atoms. The van der Waals surface area contributed by atoms with Crippen LogP contribution in [-0.4, -0.2) is 47.8 Å². The molecule has 0 radical (unpaired) electrons. The van der Waals surface area contributed by atoms with E-state index in [4.69, 9.17) is 4.52 Å². The van der Waals surface area contributed by atoms with E-state index < -0.39 is 5.56 Å². The van der Waals surface area contributed by atoms with E-state index in [2.05, 4.69) is 5.32 Å². The van der Waals surface area contributed by atoms with Crippen LogP contribution >= 0.6 is 0 Å². The summed E-state index contributed by atoms with van der Waals surface area (Å²) in [6, 6.07) is 1.70. The van der Waals surface area contributed by atoms with Gasteiger partial charge in [-0.05, 0) is 13.5 Å². The summed E-state index contributed by atoms with van der Waals surface area (Å²) in [6.45, 7) is 6.45. The average Bonchev–Trinajstić information content (AvgIpc) is 2.54. The van der Waals surface area contributed by atoms with Gasteiger partial charge in [0.15, 0.2) is 0 Å². The SMILES string of the molecule is CCN(CC(=O)n1oc(C)cc1=O)C1CNC1. The monoisotopic (exact) mass is 239 g/mol. The fraction of sp³-hybridized carbons (Fsp3) is 0.636. The van der Waals surface area contributed by atoms with Gasteiger partial charge in [0.25, 0.3) is 11.5 Å². The summed E-state index contributed by atoms with van der Waals surface area (Å²) in [7, 11) is 0. The van der Waals surface area contributed by atoms with Crippen molar-refractivity contribution in [1.82, 2.24) is 15.0 Å². The van der Waals surface area contributed by atoms with E-state index in [0.717, 1.165) is 24.4 Å². The first-order chi connectivity index (χ1) is 8.11. The summed E-state index contributed by atoms with van der Waals surface area (Å²) >= 11 is 0. The van der Waals surface area contributed by atoms with Gasteiger partial charge in [0.2, 0.25) is 0 Å². The lowest BCUT2D eigenvalue weighted by atomic mass is 10.1. The summed E-state index contributed by atoms with van der Waals surface area (Å²) in [5, 5.41) is 3.16. The third-order valence-electron chi connectivity index (χ3n) is 3.01. The maximum atomic E-state index is 11.9. The van der Waals surface area contributed by atoms with Crippen molar-refractivity contribution < 1.29 is 9.32 Å². The third-order valence-corrected chi connectivity index (χ3v) is 3.01. The highest BCUT2D eigenvalue weighted by molar-refractivity contribution is 5.79. The zero-order valence-corrected chi connectivity index (χ0v) is 10.1. The van der Waals surface area contributed by atoms with Crippen LogP contribution in [0, 0.1) is 6.92 Å². The predicted octanol–water partition coefficient (Wildman–Crippen LogP) is -0.316. The molecule has 0 unspecified atom stereocenters. The standard InChI is InChI=1S/C11H17N3O3/c1-3-13(9-5-12-6-9)7-11(16)14-10(15)4-8(2)17-14/h4,9,12H,3,5-7H2,1-2H3. The van der Waals surface area contributed by atoms with Crippen molar-refractivity contribution in [3.05, 3.63) is 22.2 Å². The van der Waals surface area contributed by atoms with Crippen LogP contribution < -0.4 is 10.9 Å². The van der Waals surface area contributed by atoms with Crippen LogP contribution in [0.5, 0.6) is 0 Å². The van der Waals surface area contributed by atoms with Gasteiger partial charge in [-0.15, -0.1) is 4.74 Å². The van der Waals surface area contributed by atoms with Gasteiger partial charge in [-0.3, -0.25) is 14.5 Å². The van der Waals surface area contributed by atoms with Crippen LogP contribution in [0.3, 0.4) is 0 Å². The summed E-state index contributed by atoms with van der Waals surface area (Å²) in [5.74, 6) is 0.147. The molecule has 1 N–H and O–H groups in total. The molecule has 1 aliphatic heterocycles. The molecule has 1 fully saturated rings. The quantitative estimate of drug-likeness (QED) is 0.780. The molecule has 0 saturated carbocycles. The molecule has 0 aromatic carbocycles. The van der Waals surface area contributed by atoms with Crippen molar-refractivity contribution in [1.29, 1.82) is 0 Å². The summed E-state index contributed by atoms with van der Waals surface area (Å²) in [4.78, 5) is 25.4. The molecule has 17 heavy (non-hydrogen) atoms. The Morgan fingerprint density at radius 2 is 2.35 bits per heavy atom. The molecule has 1 saturated heterocycles. The zero-order valence-electron chi connectivity index (χ0n) is 10.1. The van der Waals surface area contributed by atoms with Crippen LogP contribution in [-0.2, 0) is 0 Å². The van der Waals surface area contributed by atoms with Gasteiger partial charge < -0.3 is 9.84 Å². The molecule has 0 atom stereocenters. The molecule has 2 heterocycles. The van der Waals surface area contributed by atoms with E-state index in [0.29, 0.717) is 11.8 Å². The van der Waals surface area contributed by atoms with Crippen LogP contribution in [0.15, 0.2) is 15.4 Å².